The van der Waals surface area contributed by atoms with E-state index in [0.717, 1.165) is 37.5 Å². The molecular weight excluding hydrogens is 330 g/mol. The van der Waals surface area contributed by atoms with Crippen LogP contribution in [0.2, 0.25) is 0 Å². The second-order valence-electron chi connectivity index (χ2n) is 6.56. The third-order valence-corrected chi connectivity index (χ3v) is 4.71. The molecule has 0 spiro atoms. The van der Waals surface area contributed by atoms with Crippen LogP contribution in [0, 0.1) is 5.92 Å². The molecule has 136 valence electrons. The SMILES string of the molecule is COC(=O)c1ccccc1NC(=O)c1cc(N2CCC(C)CC2)ccn1. The molecule has 0 aliphatic carbocycles. The van der Waals surface area contributed by atoms with Crippen LogP contribution in [0.5, 0.6) is 0 Å². The second-order valence-corrected chi connectivity index (χ2v) is 6.56. The van der Waals surface area contributed by atoms with E-state index in [1.165, 1.54) is 7.11 Å². The molecule has 1 N–H and O–H groups in total. The maximum absolute atomic E-state index is 12.6. The molecule has 1 aromatic carbocycles. The van der Waals surface area contributed by atoms with E-state index in [0.29, 0.717) is 16.9 Å². The molecule has 1 aliphatic rings. The van der Waals surface area contributed by atoms with E-state index in [4.69, 9.17) is 4.74 Å². The lowest BCUT2D eigenvalue weighted by Gasteiger charge is -2.32. The quantitative estimate of drug-likeness (QED) is 0.854. The van der Waals surface area contributed by atoms with Gasteiger partial charge in [-0.25, -0.2) is 4.79 Å². The first-order valence-electron chi connectivity index (χ1n) is 8.78. The fourth-order valence-electron chi connectivity index (χ4n) is 3.07. The number of hydrogen-bond donors (Lipinski definition) is 1. The Kier molecular flexibility index (Phi) is 5.51. The molecular formula is C20H23N3O3. The number of hydrogen-bond acceptors (Lipinski definition) is 5. The molecule has 1 aliphatic heterocycles. The van der Waals surface area contributed by atoms with E-state index in [1.807, 2.05) is 6.07 Å². The molecule has 1 aromatic heterocycles. The molecule has 0 unspecified atom stereocenters. The zero-order valence-corrected chi connectivity index (χ0v) is 15.1. The van der Waals surface area contributed by atoms with Crippen molar-refractivity contribution in [3.05, 3.63) is 53.9 Å². The summed E-state index contributed by atoms with van der Waals surface area (Å²) < 4.78 is 4.76. The Labute approximate surface area is 153 Å². The van der Waals surface area contributed by atoms with Gasteiger partial charge in [-0.05, 0) is 43.0 Å². The number of piperidine rings is 1. The van der Waals surface area contributed by atoms with E-state index < -0.39 is 5.97 Å². The molecule has 3 rings (SSSR count). The number of carbonyl (C=O) groups excluding carboxylic acids is 2. The second kappa shape index (κ2) is 7.99. The Hall–Kier alpha value is -2.89. The predicted octanol–water partition coefficient (Wildman–Crippen LogP) is 3.36. The normalized spacial score (nSPS) is 14.8. The van der Waals surface area contributed by atoms with Crippen molar-refractivity contribution in [2.45, 2.75) is 19.8 Å². The average molecular weight is 353 g/mol. The fraction of sp³-hybridized carbons (Fsp3) is 0.350. The summed E-state index contributed by atoms with van der Waals surface area (Å²) >= 11 is 0. The van der Waals surface area contributed by atoms with Crippen molar-refractivity contribution in [1.82, 2.24) is 4.98 Å². The summed E-state index contributed by atoms with van der Waals surface area (Å²) in [5.41, 5.74) is 2.03. The van der Waals surface area contributed by atoms with E-state index >= 15 is 0 Å². The lowest BCUT2D eigenvalue weighted by Crippen LogP contribution is -2.33. The number of anilines is 2. The summed E-state index contributed by atoms with van der Waals surface area (Å²) in [6, 6.07) is 10.5. The van der Waals surface area contributed by atoms with E-state index in [9.17, 15) is 9.59 Å². The molecule has 0 radical (unpaired) electrons. The molecule has 0 saturated carbocycles. The van der Waals surface area contributed by atoms with Crippen molar-refractivity contribution in [2.24, 2.45) is 5.92 Å². The monoisotopic (exact) mass is 353 g/mol. The topological polar surface area (TPSA) is 71.5 Å². The first-order valence-corrected chi connectivity index (χ1v) is 8.78. The summed E-state index contributed by atoms with van der Waals surface area (Å²) in [4.78, 5) is 30.9. The number of nitrogens with zero attached hydrogens (tertiary/aromatic N) is 2. The fourth-order valence-corrected chi connectivity index (χ4v) is 3.07. The predicted molar refractivity (Wildman–Crippen MR) is 101 cm³/mol. The zero-order valence-electron chi connectivity index (χ0n) is 15.1. The molecule has 0 bridgehead atoms. The van der Waals surface area contributed by atoms with Crippen molar-refractivity contribution >= 4 is 23.3 Å². The average Bonchev–Trinajstić information content (AvgIpc) is 2.68. The van der Waals surface area contributed by atoms with Crippen molar-refractivity contribution in [2.75, 3.05) is 30.4 Å². The minimum absolute atomic E-state index is 0.310. The lowest BCUT2D eigenvalue weighted by atomic mass is 9.99. The van der Waals surface area contributed by atoms with Gasteiger partial charge in [-0.1, -0.05) is 19.1 Å². The van der Waals surface area contributed by atoms with Gasteiger partial charge in [0.05, 0.1) is 18.4 Å². The number of nitrogens with one attached hydrogen (secondary N) is 1. The molecule has 6 heteroatoms. The largest absolute Gasteiger partial charge is 0.465 e. The third-order valence-electron chi connectivity index (χ3n) is 4.71. The maximum Gasteiger partial charge on any atom is 0.339 e. The number of amides is 1. The Morgan fingerprint density at radius 3 is 2.65 bits per heavy atom. The maximum atomic E-state index is 12.6. The Balaban J connectivity index is 1.77. The van der Waals surface area contributed by atoms with Crippen molar-refractivity contribution < 1.29 is 14.3 Å². The van der Waals surface area contributed by atoms with E-state index in [2.05, 4.69) is 22.1 Å². The summed E-state index contributed by atoms with van der Waals surface area (Å²) in [7, 11) is 1.31. The number of pyridine rings is 1. The zero-order chi connectivity index (χ0) is 18.5. The van der Waals surface area contributed by atoms with Crippen LogP contribution in [0.1, 0.15) is 40.6 Å². The number of carbonyl (C=O) groups is 2. The van der Waals surface area contributed by atoms with Crippen LogP contribution >= 0.6 is 0 Å². The summed E-state index contributed by atoms with van der Waals surface area (Å²) in [5.74, 6) is -0.107. The lowest BCUT2D eigenvalue weighted by molar-refractivity contribution is 0.0602. The minimum atomic E-state index is -0.495. The highest BCUT2D eigenvalue weighted by Crippen LogP contribution is 2.23. The molecule has 1 amide bonds. The molecule has 1 saturated heterocycles. The smallest absolute Gasteiger partial charge is 0.339 e. The van der Waals surface area contributed by atoms with Gasteiger partial charge in [-0.3, -0.25) is 9.78 Å². The van der Waals surface area contributed by atoms with Crippen LogP contribution in [0.4, 0.5) is 11.4 Å². The van der Waals surface area contributed by atoms with Gasteiger partial charge in [-0.15, -0.1) is 0 Å². The van der Waals surface area contributed by atoms with Crippen LogP contribution in [-0.4, -0.2) is 37.1 Å². The van der Waals surface area contributed by atoms with Crippen molar-refractivity contribution in [3.8, 4) is 0 Å². The Morgan fingerprint density at radius 1 is 1.19 bits per heavy atom. The summed E-state index contributed by atoms with van der Waals surface area (Å²) in [5, 5.41) is 2.76. The first kappa shape index (κ1) is 17.9. The van der Waals surface area contributed by atoms with Gasteiger partial charge in [0, 0.05) is 25.0 Å². The highest BCUT2D eigenvalue weighted by atomic mass is 16.5. The number of para-hydroxylation sites is 1. The van der Waals surface area contributed by atoms with Crippen molar-refractivity contribution in [1.29, 1.82) is 0 Å². The van der Waals surface area contributed by atoms with Gasteiger partial charge >= 0.3 is 5.97 Å². The Bertz CT molecular complexity index is 798. The summed E-state index contributed by atoms with van der Waals surface area (Å²) in [6.07, 6.45) is 3.95. The van der Waals surface area contributed by atoms with Gasteiger partial charge in [0.15, 0.2) is 0 Å². The van der Waals surface area contributed by atoms with E-state index in [-0.39, 0.29) is 5.91 Å². The third kappa shape index (κ3) is 4.02. The van der Waals surface area contributed by atoms with Gasteiger partial charge in [-0.2, -0.15) is 0 Å². The van der Waals surface area contributed by atoms with Gasteiger partial charge < -0.3 is 15.0 Å². The molecule has 1 fully saturated rings. The highest BCUT2D eigenvalue weighted by Gasteiger charge is 2.19. The Morgan fingerprint density at radius 2 is 1.92 bits per heavy atom. The van der Waals surface area contributed by atoms with Crippen molar-refractivity contribution in [3.63, 3.8) is 0 Å². The molecule has 2 aromatic rings. The molecule has 0 atom stereocenters. The van der Waals surface area contributed by atoms with Gasteiger partial charge in [0.25, 0.3) is 5.91 Å². The number of methoxy groups -OCH3 is 1. The van der Waals surface area contributed by atoms with Crippen LogP contribution in [0.15, 0.2) is 42.6 Å². The number of aromatic nitrogens is 1. The standard InChI is InChI=1S/C20H23N3O3/c1-14-8-11-23(12-9-14)15-7-10-21-18(13-15)19(24)22-17-6-4-3-5-16(17)20(25)26-2/h3-7,10,13-14H,8-9,11-12H2,1-2H3,(H,22,24). The molecule has 2 heterocycles. The van der Waals surface area contributed by atoms with Crippen LogP contribution < -0.4 is 10.2 Å². The van der Waals surface area contributed by atoms with Gasteiger partial charge in [0.1, 0.15) is 5.69 Å². The van der Waals surface area contributed by atoms with Crippen LogP contribution in [0.25, 0.3) is 0 Å². The van der Waals surface area contributed by atoms with E-state index in [1.54, 1.807) is 36.5 Å². The molecule has 26 heavy (non-hydrogen) atoms. The number of esters is 1. The summed E-state index contributed by atoms with van der Waals surface area (Å²) in [6.45, 7) is 4.23. The first-order chi connectivity index (χ1) is 12.6. The number of rotatable bonds is 4. The number of ether oxygens (including phenoxy) is 1. The minimum Gasteiger partial charge on any atom is -0.465 e. The van der Waals surface area contributed by atoms with Crippen LogP contribution in [0.3, 0.4) is 0 Å². The van der Waals surface area contributed by atoms with Crippen LogP contribution in [-0.2, 0) is 4.74 Å². The number of benzene rings is 1. The highest BCUT2D eigenvalue weighted by molar-refractivity contribution is 6.07. The molecule has 6 nitrogen and oxygen atoms in total. The van der Waals surface area contributed by atoms with Gasteiger partial charge in [0.2, 0.25) is 0 Å².